The van der Waals surface area contributed by atoms with Gasteiger partial charge in [-0.3, -0.25) is 5.01 Å². The second-order valence-corrected chi connectivity index (χ2v) is 8.61. The topological polar surface area (TPSA) is 81.8 Å². The average Bonchev–Trinajstić information content (AvgIpc) is 3.07. The van der Waals surface area contributed by atoms with Crippen molar-refractivity contribution >= 4 is 0 Å². The predicted molar refractivity (Wildman–Crippen MR) is 217 cm³/mol. The molecule has 1 atom stereocenters. The molecule has 5 N–H and O–H groups in total. The minimum absolute atomic E-state index is 0.250. The summed E-state index contributed by atoms with van der Waals surface area (Å²) in [4.78, 5) is 0. The normalized spacial score (nSPS) is 10.7. The van der Waals surface area contributed by atoms with Gasteiger partial charge in [0.1, 0.15) is 0 Å². The number of nitrogens with two attached hydrogens (primary N) is 1. The van der Waals surface area contributed by atoms with Crippen LogP contribution in [0, 0.1) is 25.2 Å². The smallest absolute Gasteiger partial charge is 0.397 e. The summed E-state index contributed by atoms with van der Waals surface area (Å²) in [5.41, 5.74) is 1.55. The summed E-state index contributed by atoms with van der Waals surface area (Å²) in [5, 5.41) is 20.9. The van der Waals surface area contributed by atoms with E-state index in [9.17, 15) is 13.2 Å². The number of aliphatic hydroxyl groups excluding tert-OH is 1. The third-order valence-corrected chi connectivity index (χ3v) is 4.50. The van der Waals surface area contributed by atoms with Gasteiger partial charge in [0.15, 0.2) is 5.60 Å². The summed E-state index contributed by atoms with van der Waals surface area (Å²) >= 11 is 0. The van der Waals surface area contributed by atoms with Crippen LogP contribution in [0.3, 0.4) is 0 Å². The molecule has 0 aromatic rings. The van der Waals surface area contributed by atoms with E-state index in [1.807, 2.05) is 52.8 Å². The first-order valence-electron chi connectivity index (χ1n) is 16.0. The lowest BCUT2D eigenvalue weighted by molar-refractivity contribution is -0.253. The maximum absolute atomic E-state index is 11.6. The Morgan fingerprint density at radius 3 is 1.53 bits per heavy atom. The zero-order valence-electron chi connectivity index (χ0n) is 33.2. The quantitative estimate of drug-likeness (QED) is 0.0568. The van der Waals surface area contributed by atoms with E-state index in [1.165, 1.54) is 12.6 Å². The van der Waals surface area contributed by atoms with Crippen molar-refractivity contribution in [3.8, 4) is 25.2 Å². The van der Waals surface area contributed by atoms with Crippen molar-refractivity contribution in [3.63, 3.8) is 0 Å². The number of hydrazine groups is 1. The minimum atomic E-state index is -4.50. The van der Waals surface area contributed by atoms with E-state index >= 15 is 0 Å². The van der Waals surface area contributed by atoms with Crippen LogP contribution >= 0.6 is 0 Å². The summed E-state index contributed by atoms with van der Waals surface area (Å²) in [7, 11) is 0. The lowest BCUT2D eigenvalue weighted by Gasteiger charge is -2.23. The number of halogens is 3. The fourth-order valence-corrected chi connectivity index (χ4v) is 2.04. The van der Waals surface area contributed by atoms with E-state index in [-0.39, 0.29) is 13.0 Å². The van der Waals surface area contributed by atoms with Crippen molar-refractivity contribution in [3.05, 3.63) is 111 Å². The Bertz CT molecular complexity index is 910. The largest absolute Gasteiger partial charge is 0.416 e. The highest BCUT2D eigenvalue weighted by Crippen LogP contribution is 2.31. The van der Waals surface area contributed by atoms with Crippen LogP contribution in [-0.2, 0) is 0 Å². The van der Waals surface area contributed by atoms with Crippen LogP contribution in [0.2, 0.25) is 0 Å². The molecule has 0 spiro atoms. The lowest BCUT2D eigenvalue weighted by Crippen LogP contribution is -2.41. The fraction of sp³-hybridized carbons (Fsp3) is 0.463. The highest BCUT2D eigenvalue weighted by Gasteiger charge is 2.48. The third-order valence-electron chi connectivity index (χ3n) is 4.50. The van der Waals surface area contributed by atoms with E-state index in [1.54, 1.807) is 31.0 Å². The molecule has 0 saturated carbocycles. The molecule has 1 unspecified atom stereocenters. The summed E-state index contributed by atoms with van der Waals surface area (Å²) in [6.07, 6.45) is 26.2. The van der Waals surface area contributed by atoms with Crippen LogP contribution in [0.1, 0.15) is 109 Å². The lowest BCUT2D eigenvalue weighted by atomic mass is 10.0. The Balaban J connectivity index is -0.0000000578. The number of hydrogen-bond donors (Lipinski definition) is 4. The molecule has 0 aliphatic carbocycles. The summed E-state index contributed by atoms with van der Waals surface area (Å²) < 4.78 is 34.8. The van der Waals surface area contributed by atoms with Crippen molar-refractivity contribution in [1.29, 1.82) is 0 Å². The zero-order chi connectivity index (χ0) is 41.5. The van der Waals surface area contributed by atoms with E-state index in [0.29, 0.717) is 0 Å². The SMILES string of the molecule is C#C.C#CC.C=C.C=C(/C=C\C)N(N)/C(C)=C\CC.C=C(C/C=C\C)N/C(C)=C/CC.C=CC=C.CC.CCC(C)(O)C(F)(F)F.CCO. The second-order valence-electron chi connectivity index (χ2n) is 8.61. The molecule has 0 amide bonds. The molecule has 0 bridgehead atoms. The molecule has 0 aromatic heterocycles. The van der Waals surface area contributed by atoms with Crippen molar-refractivity contribution in [2.24, 2.45) is 5.84 Å². The summed E-state index contributed by atoms with van der Waals surface area (Å²) in [6, 6.07) is 0. The van der Waals surface area contributed by atoms with Gasteiger partial charge in [-0.1, -0.05) is 103 Å². The zero-order valence-corrected chi connectivity index (χ0v) is 33.2. The maximum atomic E-state index is 11.6. The van der Waals surface area contributed by atoms with Crippen molar-refractivity contribution in [2.75, 3.05) is 6.61 Å². The van der Waals surface area contributed by atoms with E-state index in [0.717, 1.165) is 43.3 Å². The summed E-state index contributed by atoms with van der Waals surface area (Å²) in [5.74, 6) is 8.00. The molecule has 5 nitrogen and oxygen atoms in total. The number of aliphatic hydroxyl groups is 2. The van der Waals surface area contributed by atoms with Crippen LogP contribution in [0.15, 0.2) is 111 Å². The first kappa shape index (κ1) is 67.3. The molecule has 286 valence electrons. The highest BCUT2D eigenvalue weighted by atomic mass is 19.4. The number of nitrogens with one attached hydrogen (secondary N) is 1. The molecule has 49 heavy (non-hydrogen) atoms. The number of alkyl halides is 3. The Morgan fingerprint density at radius 2 is 1.31 bits per heavy atom. The van der Waals surface area contributed by atoms with Gasteiger partial charge in [-0.05, 0) is 73.8 Å². The third kappa shape index (κ3) is 67.2. The van der Waals surface area contributed by atoms with Gasteiger partial charge in [0, 0.05) is 35.8 Å². The maximum Gasteiger partial charge on any atom is 0.416 e. The molecule has 0 aliphatic rings. The van der Waals surface area contributed by atoms with Crippen LogP contribution in [0.25, 0.3) is 0 Å². The minimum Gasteiger partial charge on any atom is -0.397 e. The van der Waals surface area contributed by atoms with Crippen LogP contribution in [0.5, 0.6) is 0 Å². The molecule has 0 radical (unpaired) electrons. The molecule has 0 saturated heterocycles. The van der Waals surface area contributed by atoms with Gasteiger partial charge >= 0.3 is 6.18 Å². The molecule has 0 fully saturated rings. The van der Waals surface area contributed by atoms with Crippen LogP contribution in [0.4, 0.5) is 13.2 Å². The van der Waals surface area contributed by atoms with Gasteiger partial charge < -0.3 is 15.5 Å². The van der Waals surface area contributed by atoms with E-state index < -0.39 is 11.8 Å². The number of allylic oxidation sites excluding steroid dienone is 10. The number of terminal acetylenes is 2. The highest BCUT2D eigenvalue weighted by molar-refractivity contribution is 5.17. The standard InChI is InChI=1S/C11H19N.C10H18N2.C5H9F3O.C4H6.C3H4.C2H6O.C2H6.C2H4.C2H2/c1-5-7-9-11(4)12-10(3)8-6-2;1-5-7-9(3)12(11)10(4)8-6-2;1-3-4(2,9)5(6,7)8;1-3-4-2;1-3-2;1-2-3;3*1-2/h5,7-8,12H,4,6,9H2,1-3H3;5,7-8H,3,6,11H2,1-2,4H3;9H,3H2,1-2H3;3-4H,1-2H2;1H,2H3;3H,2H2,1H3;1-2H3;1-2H2;1-2H/b7-5-,10-8+;7-5-,10-8-;;;;;;;. The molecule has 0 heterocycles. The first-order valence-corrected chi connectivity index (χ1v) is 16.0. The molecule has 8 heteroatoms. The predicted octanol–water partition coefficient (Wildman–Crippen LogP) is 11.7. The number of nitrogens with zero attached hydrogens (tertiary/aromatic N) is 1. The van der Waals surface area contributed by atoms with Crippen LogP contribution in [-0.4, -0.2) is 33.6 Å². The van der Waals surface area contributed by atoms with Crippen molar-refractivity contribution in [1.82, 2.24) is 10.3 Å². The van der Waals surface area contributed by atoms with Gasteiger partial charge in [-0.2, -0.15) is 13.2 Å². The Labute approximate surface area is 302 Å². The molecule has 0 aromatic carbocycles. The van der Waals surface area contributed by atoms with E-state index in [4.69, 9.17) is 16.1 Å². The van der Waals surface area contributed by atoms with Gasteiger partial charge in [0.2, 0.25) is 0 Å². The molecule has 0 aliphatic heterocycles. The second kappa shape index (κ2) is 56.4. The van der Waals surface area contributed by atoms with Gasteiger partial charge in [0.05, 0.1) is 0 Å². The van der Waals surface area contributed by atoms with Crippen molar-refractivity contribution < 1.29 is 23.4 Å². The van der Waals surface area contributed by atoms with Crippen LogP contribution < -0.4 is 11.2 Å². The number of rotatable bonds is 11. The molecular formula is C41H74F3N3O2. The monoisotopic (exact) mass is 698 g/mol. The van der Waals surface area contributed by atoms with E-state index in [2.05, 4.69) is 109 Å². The van der Waals surface area contributed by atoms with Gasteiger partial charge in [0.25, 0.3) is 0 Å². The average molecular weight is 698 g/mol. The Kier molecular flexibility index (Phi) is 77.4. The van der Waals surface area contributed by atoms with Gasteiger partial charge in [-0.15, -0.1) is 38.3 Å². The Morgan fingerprint density at radius 1 is 0.939 bits per heavy atom. The van der Waals surface area contributed by atoms with Crippen molar-refractivity contribution in [2.45, 2.75) is 121 Å². The Hall–Kier alpha value is -3.95. The summed E-state index contributed by atoms with van der Waals surface area (Å²) in [6.45, 7) is 42.3. The van der Waals surface area contributed by atoms with Gasteiger partial charge in [-0.25, -0.2) is 5.84 Å². The fourth-order valence-electron chi connectivity index (χ4n) is 2.04. The number of hydrogen-bond acceptors (Lipinski definition) is 5. The molecule has 0 rings (SSSR count). The molecular weight excluding hydrogens is 623 g/mol. The first-order chi connectivity index (χ1) is 22.9.